The van der Waals surface area contributed by atoms with Crippen LogP contribution in [0.15, 0.2) is 34.7 Å². The minimum Gasteiger partial charge on any atom is -0.484 e. The molecule has 0 bridgehead atoms. The van der Waals surface area contributed by atoms with Crippen molar-refractivity contribution < 1.29 is 9.53 Å². The van der Waals surface area contributed by atoms with Gasteiger partial charge in [0.2, 0.25) is 5.13 Å². The topological polar surface area (TPSA) is 64.1 Å². The maximum absolute atomic E-state index is 11.7. The van der Waals surface area contributed by atoms with Gasteiger partial charge in [-0.25, -0.2) is 0 Å². The maximum atomic E-state index is 11.7. The van der Waals surface area contributed by atoms with E-state index in [4.69, 9.17) is 4.74 Å². The molecule has 106 valence electrons. The minimum absolute atomic E-state index is 0.0406. The van der Waals surface area contributed by atoms with Gasteiger partial charge in [-0.1, -0.05) is 48.2 Å². The van der Waals surface area contributed by atoms with E-state index in [9.17, 15) is 4.79 Å². The van der Waals surface area contributed by atoms with Crippen molar-refractivity contribution in [2.75, 3.05) is 17.7 Å². The standard InChI is InChI=1S/C13H15N3O2S2/c1-2-8-19-13-16-15-12(20-13)14-11(17)9-18-10-6-4-3-5-7-10/h3-7H,2,8-9H2,1H3,(H,14,15,17). The van der Waals surface area contributed by atoms with E-state index in [0.717, 1.165) is 16.5 Å². The molecule has 1 amide bonds. The number of ether oxygens (including phenoxy) is 1. The molecule has 1 aromatic carbocycles. The Balaban J connectivity index is 1.78. The van der Waals surface area contributed by atoms with Crippen LogP contribution in [0.3, 0.4) is 0 Å². The van der Waals surface area contributed by atoms with Gasteiger partial charge in [-0.3, -0.25) is 10.1 Å². The second-order valence-electron chi connectivity index (χ2n) is 3.87. The summed E-state index contributed by atoms with van der Waals surface area (Å²) in [7, 11) is 0. The van der Waals surface area contributed by atoms with E-state index in [-0.39, 0.29) is 12.5 Å². The van der Waals surface area contributed by atoms with Crippen molar-refractivity contribution in [1.82, 2.24) is 10.2 Å². The van der Waals surface area contributed by atoms with Crippen molar-refractivity contribution in [2.45, 2.75) is 17.7 Å². The summed E-state index contributed by atoms with van der Waals surface area (Å²) in [5, 5.41) is 11.1. The Kier molecular flexibility index (Phi) is 5.82. The summed E-state index contributed by atoms with van der Waals surface area (Å²) in [5.74, 6) is 1.43. The van der Waals surface area contributed by atoms with Gasteiger partial charge in [-0.2, -0.15) is 0 Å². The van der Waals surface area contributed by atoms with Crippen LogP contribution in [0.1, 0.15) is 13.3 Å². The second kappa shape index (κ2) is 7.86. The lowest BCUT2D eigenvalue weighted by Gasteiger charge is -2.04. The Morgan fingerprint density at radius 3 is 2.90 bits per heavy atom. The van der Waals surface area contributed by atoms with Crippen LogP contribution in [-0.4, -0.2) is 28.5 Å². The molecule has 0 aliphatic carbocycles. The highest BCUT2D eigenvalue weighted by Crippen LogP contribution is 2.25. The van der Waals surface area contributed by atoms with Gasteiger partial charge in [-0.15, -0.1) is 10.2 Å². The first-order valence-corrected chi connectivity index (χ1v) is 8.02. The molecule has 0 saturated heterocycles. The van der Waals surface area contributed by atoms with E-state index in [1.807, 2.05) is 18.2 Å². The fraction of sp³-hybridized carbons (Fsp3) is 0.308. The Labute approximate surface area is 125 Å². The predicted molar refractivity (Wildman–Crippen MR) is 81.5 cm³/mol. The number of carbonyl (C=O) groups excluding carboxylic acids is 1. The third kappa shape index (κ3) is 4.82. The first-order chi connectivity index (χ1) is 9.78. The molecule has 0 fully saturated rings. The van der Waals surface area contributed by atoms with Crippen LogP contribution in [0.5, 0.6) is 5.75 Å². The normalized spacial score (nSPS) is 10.2. The number of para-hydroxylation sites is 1. The fourth-order valence-corrected chi connectivity index (χ4v) is 3.02. The zero-order chi connectivity index (χ0) is 14.2. The molecule has 0 saturated carbocycles. The highest BCUT2D eigenvalue weighted by atomic mass is 32.2. The van der Waals surface area contributed by atoms with Crippen LogP contribution in [0.25, 0.3) is 0 Å². The third-order valence-electron chi connectivity index (χ3n) is 2.20. The lowest BCUT2D eigenvalue weighted by atomic mass is 10.3. The van der Waals surface area contributed by atoms with Crippen LogP contribution in [0.2, 0.25) is 0 Å². The molecule has 0 atom stereocenters. The lowest BCUT2D eigenvalue weighted by molar-refractivity contribution is -0.118. The largest absolute Gasteiger partial charge is 0.484 e. The van der Waals surface area contributed by atoms with Gasteiger partial charge in [0.1, 0.15) is 5.75 Å². The average molecular weight is 309 g/mol. The molecule has 0 unspecified atom stereocenters. The van der Waals surface area contributed by atoms with Gasteiger partial charge in [0, 0.05) is 5.75 Å². The first kappa shape index (κ1) is 14.8. The molecular formula is C13H15N3O2S2. The summed E-state index contributed by atoms with van der Waals surface area (Å²) in [6.45, 7) is 2.07. The molecule has 2 rings (SSSR count). The molecule has 0 spiro atoms. The second-order valence-corrected chi connectivity index (χ2v) is 6.19. The summed E-state index contributed by atoms with van der Waals surface area (Å²) in [6.07, 6.45) is 1.08. The number of nitrogens with one attached hydrogen (secondary N) is 1. The van der Waals surface area contributed by atoms with Crippen molar-refractivity contribution in [1.29, 1.82) is 0 Å². The minimum atomic E-state index is -0.239. The molecular weight excluding hydrogens is 294 g/mol. The number of hydrogen-bond acceptors (Lipinski definition) is 6. The summed E-state index contributed by atoms with van der Waals surface area (Å²) < 4.78 is 6.22. The van der Waals surface area contributed by atoms with E-state index in [2.05, 4.69) is 22.4 Å². The average Bonchev–Trinajstić information content (AvgIpc) is 2.91. The van der Waals surface area contributed by atoms with E-state index >= 15 is 0 Å². The Hall–Kier alpha value is -1.60. The van der Waals surface area contributed by atoms with Gasteiger partial charge in [0.15, 0.2) is 10.9 Å². The quantitative estimate of drug-likeness (QED) is 0.629. The lowest BCUT2D eigenvalue weighted by Crippen LogP contribution is -2.20. The van der Waals surface area contributed by atoms with Crippen molar-refractivity contribution in [3.63, 3.8) is 0 Å². The highest BCUT2D eigenvalue weighted by molar-refractivity contribution is 8.01. The number of benzene rings is 1. The number of hydrogen-bond donors (Lipinski definition) is 1. The summed E-state index contributed by atoms with van der Waals surface area (Å²) in [6, 6.07) is 9.21. The molecule has 1 N–H and O–H groups in total. The summed E-state index contributed by atoms with van der Waals surface area (Å²) in [4.78, 5) is 11.7. The molecule has 0 aliphatic heterocycles. The number of thioether (sulfide) groups is 1. The molecule has 1 aromatic heterocycles. The number of nitrogens with zero attached hydrogens (tertiary/aromatic N) is 2. The molecule has 20 heavy (non-hydrogen) atoms. The summed E-state index contributed by atoms with van der Waals surface area (Å²) in [5.41, 5.74) is 0. The monoisotopic (exact) mass is 309 g/mol. The number of carbonyl (C=O) groups is 1. The zero-order valence-corrected chi connectivity index (χ0v) is 12.7. The molecule has 5 nitrogen and oxygen atoms in total. The summed E-state index contributed by atoms with van der Waals surface area (Å²) >= 11 is 3.02. The Bertz CT molecular complexity index is 546. The number of anilines is 1. The Morgan fingerprint density at radius 2 is 2.15 bits per heavy atom. The van der Waals surface area contributed by atoms with E-state index in [1.165, 1.54) is 11.3 Å². The van der Waals surface area contributed by atoms with Crippen molar-refractivity contribution in [3.05, 3.63) is 30.3 Å². The Morgan fingerprint density at radius 1 is 1.35 bits per heavy atom. The molecule has 1 heterocycles. The van der Waals surface area contributed by atoms with E-state index < -0.39 is 0 Å². The van der Waals surface area contributed by atoms with Crippen LogP contribution in [0.4, 0.5) is 5.13 Å². The van der Waals surface area contributed by atoms with Gasteiger partial charge in [0.05, 0.1) is 0 Å². The van der Waals surface area contributed by atoms with Gasteiger partial charge in [0.25, 0.3) is 5.91 Å². The van der Waals surface area contributed by atoms with Gasteiger partial charge < -0.3 is 4.74 Å². The van der Waals surface area contributed by atoms with Gasteiger partial charge in [-0.05, 0) is 18.6 Å². The smallest absolute Gasteiger partial charge is 0.264 e. The number of amides is 1. The van der Waals surface area contributed by atoms with Gasteiger partial charge >= 0.3 is 0 Å². The van der Waals surface area contributed by atoms with Crippen LogP contribution >= 0.6 is 23.1 Å². The zero-order valence-electron chi connectivity index (χ0n) is 11.0. The molecule has 0 aliphatic rings. The van der Waals surface area contributed by atoms with Crippen LogP contribution in [0, 0.1) is 0 Å². The molecule has 7 heteroatoms. The van der Waals surface area contributed by atoms with Crippen molar-refractivity contribution >= 4 is 34.1 Å². The van der Waals surface area contributed by atoms with Crippen LogP contribution in [-0.2, 0) is 4.79 Å². The molecule has 2 aromatic rings. The third-order valence-corrected chi connectivity index (χ3v) is 4.37. The number of rotatable bonds is 7. The van der Waals surface area contributed by atoms with Crippen molar-refractivity contribution in [2.24, 2.45) is 0 Å². The highest BCUT2D eigenvalue weighted by Gasteiger charge is 2.08. The first-order valence-electron chi connectivity index (χ1n) is 6.22. The van der Waals surface area contributed by atoms with E-state index in [0.29, 0.717) is 10.9 Å². The maximum Gasteiger partial charge on any atom is 0.264 e. The van der Waals surface area contributed by atoms with E-state index in [1.54, 1.807) is 23.9 Å². The number of aromatic nitrogens is 2. The predicted octanol–water partition coefficient (Wildman–Crippen LogP) is 3.06. The SMILES string of the molecule is CCCSc1nnc(NC(=O)COc2ccccc2)s1. The fourth-order valence-electron chi connectivity index (χ4n) is 1.33. The van der Waals surface area contributed by atoms with Crippen LogP contribution < -0.4 is 10.1 Å². The van der Waals surface area contributed by atoms with Crippen molar-refractivity contribution in [3.8, 4) is 5.75 Å². The molecule has 0 radical (unpaired) electrons.